The van der Waals surface area contributed by atoms with Gasteiger partial charge in [-0.05, 0) is 12.1 Å². The lowest BCUT2D eigenvalue weighted by Crippen LogP contribution is -1.84. The Morgan fingerprint density at radius 3 is 2.82 bits per heavy atom. The molecular formula is C9H8ClN. The van der Waals surface area contributed by atoms with E-state index in [-0.39, 0.29) is 6.04 Å². The molecule has 0 saturated heterocycles. The van der Waals surface area contributed by atoms with Gasteiger partial charge < -0.3 is 4.85 Å². The summed E-state index contributed by atoms with van der Waals surface area (Å²) >= 11 is 5.74. The number of halogens is 1. The summed E-state index contributed by atoms with van der Waals surface area (Å²) in [4.78, 5) is 3.39. The van der Waals surface area contributed by atoms with Gasteiger partial charge in [0, 0.05) is 17.5 Å². The molecule has 0 aromatic heterocycles. The van der Waals surface area contributed by atoms with E-state index in [0.29, 0.717) is 5.02 Å². The van der Waals surface area contributed by atoms with Crippen molar-refractivity contribution in [1.82, 2.24) is 0 Å². The van der Waals surface area contributed by atoms with E-state index in [2.05, 4.69) is 4.85 Å². The van der Waals surface area contributed by atoms with E-state index < -0.39 is 0 Å². The van der Waals surface area contributed by atoms with Gasteiger partial charge in [-0.2, -0.15) is 0 Å². The summed E-state index contributed by atoms with van der Waals surface area (Å²) in [7, 11) is 0. The second kappa shape index (κ2) is 3.41. The highest BCUT2D eigenvalue weighted by Gasteiger charge is 2.06. The minimum atomic E-state index is -0.0892. The second-order valence-electron chi connectivity index (χ2n) is 2.36. The van der Waals surface area contributed by atoms with Crippen LogP contribution in [0.4, 0.5) is 0 Å². The Morgan fingerprint density at radius 1 is 1.55 bits per heavy atom. The number of nitrogens with zero attached hydrogens (tertiary/aromatic N) is 1. The zero-order valence-electron chi connectivity index (χ0n) is 6.21. The van der Waals surface area contributed by atoms with Crippen molar-refractivity contribution in [3.05, 3.63) is 46.3 Å². The third-order valence-electron chi connectivity index (χ3n) is 1.52. The third-order valence-corrected chi connectivity index (χ3v) is 1.76. The van der Waals surface area contributed by atoms with Crippen LogP contribution in [-0.2, 0) is 0 Å². The SMILES string of the molecule is [C-]#[N+]C(C)c1cccc(Cl)c1. The summed E-state index contributed by atoms with van der Waals surface area (Å²) in [6, 6.07) is 7.31. The van der Waals surface area contributed by atoms with Crippen molar-refractivity contribution < 1.29 is 0 Å². The van der Waals surface area contributed by atoms with E-state index >= 15 is 0 Å². The summed E-state index contributed by atoms with van der Waals surface area (Å²) in [5.74, 6) is 0. The zero-order chi connectivity index (χ0) is 8.27. The summed E-state index contributed by atoms with van der Waals surface area (Å²) in [5, 5.41) is 0.693. The minimum Gasteiger partial charge on any atom is -0.309 e. The molecule has 1 rings (SSSR count). The molecule has 0 spiro atoms. The number of rotatable bonds is 1. The van der Waals surface area contributed by atoms with Crippen LogP contribution in [0.5, 0.6) is 0 Å². The first kappa shape index (κ1) is 8.10. The molecule has 1 unspecified atom stereocenters. The average Bonchev–Trinajstić information content (AvgIpc) is 2.03. The molecule has 0 radical (unpaired) electrons. The van der Waals surface area contributed by atoms with Gasteiger partial charge in [0.05, 0.1) is 0 Å². The fraction of sp³-hybridized carbons (Fsp3) is 0.222. The fourth-order valence-electron chi connectivity index (χ4n) is 0.841. The van der Waals surface area contributed by atoms with Crippen molar-refractivity contribution in [1.29, 1.82) is 0 Å². The van der Waals surface area contributed by atoms with Crippen LogP contribution in [0.1, 0.15) is 18.5 Å². The molecule has 0 saturated carbocycles. The lowest BCUT2D eigenvalue weighted by Gasteiger charge is -1.98. The maximum absolute atomic E-state index is 6.80. The standard InChI is InChI=1S/C9H8ClN/c1-7(11-2)8-4-3-5-9(10)6-8/h3-7H,1H3. The number of benzene rings is 1. The van der Waals surface area contributed by atoms with Crippen LogP contribution in [0.25, 0.3) is 4.85 Å². The van der Waals surface area contributed by atoms with Gasteiger partial charge in [-0.25, -0.2) is 6.57 Å². The molecule has 11 heavy (non-hydrogen) atoms. The summed E-state index contributed by atoms with van der Waals surface area (Å²) in [5.41, 5.74) is 0.979. The van der Waals surface area contributed by atoms with Crippen molar-refractivity contribution in [2.75, 3.05) is 0 Å². The molecule has 56 valence electrons. The minimum absolute atomic E-state index is 0.0892. The van der Waals surface area contributed by atoms with Crippen molar-refractivity contribution in [3.63, 3.8) is 0 Å². The predicted octanol–water partition coefficient (Wildman–Crippen LogP) is 3.32. The molecule has 0 heterocycles. The van der Waals surface area contributed by atoms with E-state index in [0.717, 1.165) is 5.56 Å². The molecule has 1 atom stereocenters. The molecule has 1 aromatic rings. The van der Waals surface area contributed by atoms with Crippen LogP contribution >= 0.6 is 11.6 Å². The van der Waals surface area contributed by atoms with Crippen molar-refractivity contribution in [2.24, 2.45) is 0 Å². The largest absolute Gasteiger partial charge is 0.309 e. The van der Waals surface area contributed by atoms with Gasteiger partial charge >= 0.3 is 0 Å². The smallest absolute Gasteiger partial charge is 0.246 e. The van der Waals surface area contributed by atoms with Crippen molar-refractivity contribution >= 4 is 11.6 Å². The topological polar surface area (TPSA) is 4.36 Å². The highest BCUT2D eigenvalue weighted by molar-refractivity contribution is 6.30. The highest BCUT2D eigenvalue weighted by atomic mass is 35.5. The van der Waals surface area contributed by atoms with E-state index in [1.807, 2.05) is 31.2 Å². The maximum atomic E-state index is 6.80. The van der Waals surface area contributed by atoms with Gasteiger partial charge in [-0.15, -0.1) is 0 Å². The molecule has 0 fully saturated rings. The first-order chi connectivity index (χ1) is 5.24. The molecule has 1 nitrogen and oxygen atoms in total. The Bertz CT molecular complexity index is 288. The highest BCUT2D eigenvalue weighted by Crippen LogP contribution is 2.19. The Hall–Kier alpha value is -1.00. The predicted molar refractivity (Wildman–Crippen MR) is 46.5 cm³/mol. The Labute approximate surface area is 71.4 Å². The van der Waals surface area contributed by atoms with E-state index in [4.69, 9.17) is 18.2 Å². The summed E-state index contributed by atoms with van der Waals surface area (Å²) in [6.45, 7) is 8.66. The maximum Gasteiger partial charge on any atom is 0.246 e. The lowest BCUT2D eigenvalue weighted by molar-refractivity contribution is 0.962. The van der Waals surface area contributed by atoms with E-state index in [1.165, 1.54) is 0 Å². The second-order valence-corrected chi connectivity index (χ2v) is 2.80. The van der Waals surface area contributed by atoms with Crippen molar-refractivity contribution in [2.45, 2.75) is 13.0 Å². The van der Waals surface area contributed by atoms with E-state index in [1.54, 1.807) is 0 Å². The molecule has 2 heteroatoms. The fourth-order valence-corrected chi connectivity index (χ4v) is 1.04. The van der Waals surface area contributed by atoms with E-state index in [9.17, 15) is 0 Å². The molecule has 0 aliphatic rings. The first-order valence-corrected chi connectivity index (χ1v) is 3.74. The van der Waals surface area contributed by atoms with Gasteiger partial charge in [0.25, 0.3) is 0 Å². The van der Waals surface area contributed by atoms with Crippen LogP contribution in [-0.4, -0.2) is 0 Å². The van der Waals surface area contributed by atoms with Gasteiger partial charge in [0.1, 0.15) is 0 Å². The van der Waals surface area contributed by atoms with Gasteiger partial charge in [0.2, 0.25) is 6.04 Å². The molecular weight excluding hydrogens is 158 g/mol. The van der Waals surface area contributed by atoms with Crippen LogP contribution in [0.3, 0.4) is 0 Å². The Morgan fingerprint density at radius 2 is 2.27 bits per heavy atom. The van der Waals surface area contributed by atoms with Gasteiger partial charge in [-0.1, -0.05) is 23.7 Å². The molecule has 0 N–H and O–H groups in total. The zero-order valence-corrected chi connectivity index (χ0v) is 6.97. The van der Waals surface area contributed by atoms with Gasteiger partial charge in [-0.3, -0.25) is 0 Å². The molecule has 0 bridgehead atoms. The third kappa shape index (κ3) is 1.96. The molecule has 0 aliphatic carbocycles. The lowest BCUT2D eigenvalue weighted by atomic mass is 10.1. The van der Waals surface area contributed by atoms with Crippen molar-refractivity contribution in [3.8, 4) is 0 Å². The molecule has 0 aliphatic heterocycles. The quantitative estimate of drug-likeness (QED) is 0.563. The molecule has 0 amide bonds. The first-order valence-electron chi connectivity index (χ1n) is 3.36. The summed E-state index contributed by atoms with van der Waals surface area (Å²) in [6.07, 6.45) is 0. The van der Waals surface area contributed by atoms with Crippen LogP contribution in [0.2, 0.25) is 5.02 Å². The van der Waals surface area contributed by atoms with Crippen LogP contribution < -0.4 is 0 Å². The number of hydrogen-bond acceptors (Lipinski definition) is 0. The van der Waals surface area contributed by atoms with Crippen LogP contribution in [0, 0.1) is 6.57 Å². The normalized spacial score (nSPS) is 12.1. The Kier molecular flexibility index (Phi) is 2.51. The summed E-state index contributed by atoms with van der Waals surface area (Å²) < 4.78 is 0. The average molecular weight is 166 g/mol. The van der Waals surface area contributed by atoms with Crippen LogP contribution in [0.15, 0.2) is 24.3 Å². The number of hydrogen-bond donors (Lipinski definition) is 0. The van der Waals surface area contributed by atoms with Gasteiger partial charge in [0.15, 0.2) is 0 Å². The molecule has 1 aromatic carbocycles. The monoisotopic (exact) mass is 165 g/mol. The Balaban J connectivity index is 2.98.